The molecule has 164 valence electrons. The smallest absolute Gasteiger partial charge is 0.328 e. The van der Waals surface area contributed by atoms with Gasteiger partial charge in [-0.15, -0.1) is 0 Å². The van der Waals surface area contributed by atoms with E-state index in [-0.39, 0.29) is 5.69 Å². The van der Waals surface area contributed by atoms with Crippen LogP contribution in [0.3, 0.4) is 0 Å². The number of rotatable bonds is 4. The quantitative estimate of drug-likeness (QED) is 0.463. The highest BCUT2D eigenvalue weighted by molar-refractivity contribution is 5.83. The van der Waals surface area contributed by atoms with Gasteiger partial charge in [-0.05, 0) is 67.1 Å². The van der Waals surface area contributed by atoms with E-state index in [9.17, 15) is 4.79 Å². The van der Waals surface area contributed by atoms with Crippen LogP contribution in [0.25, 0.3) is 22.3 Å². The number of anilines is 2. The molecule has 4 heterocycles. The molecule has 1 aliphatic heterocycles. The lowest BCUT2D eigenvalue weighted by Gasteiger charge is -2.31. The van der Waals surface area contributed by atoms with Crippen molar-refractivity contribution in [1.29, 1.82) is 0 Å². The largest absolute Gasteiger partial charge is 0.340 e. The highest BCUT2D eigenvalue weighted by atomic mass is 16.1. The number of nitrogens with zero attached hydrogens (tertiary/aromatic N) is 5. The zero-order chi connectivity index (χ0) is 22.4. The van der Waals surface area contributed by atoms with Gasteiger partial charge >= 0.3 is 5.69 Å². The average molecular weight is 428 g/mol. The summed E-state index contributed by atoms with van der Waals surface area (Å²) >= 11 is 0. The standard InChI is InChI=1S/C26H29N5O/c1-5-17(2)21-10-8-19(15-27-21)22-13-18-7-6-12-31(25(18)16-28-22)20-9-11-23-24(14-20)30(4)26(32)29(23)3/h8-11,13-17H,5-7,12H2,1-4H3. The fourth-order valence-corrected chi connectivity index (χ4v) is 4.63. The molecule has 0 bridgehead atoms. The number of benzene rings is 1. The van der Waals surface area contributed by atoms with E-state index in [1.165, 1.54) is 5.56 Å². The molecule has 1 aliphatic rings. The fourth-order valence-electron chi connectivity index (χ4n) is 4.63. The molecule has 0 saturated carbocycles. The summed E-state index contributed by atoms with van der Waals surface area (Å²) in [7, 11) is 3.64. The minimum absolute atomic E-state index is 0.00420. The van der Waals surface area contributed by atoms with Gasteiger partial charge in [0.2, 0.25) is 0 Å². The van der Waals surface area contributed by atoms with Crippen LogP contribution in [0.2, 0.25) is 0 Å². The van der Waals surface area contributed by atoms with Crippen LogP contribution in [0.5, 0.6) is 0 Å². The Morgan fingerprint density at radius 3 is 2.56 bits per heavy atom. The lowest BCUT2D eigenvalue weighted by molar-refractivity contribution is 0.708. The number of imidazole rings is 1. The fraction of sp³-hybridized carbons (Fsp3) is 0.346. The first kappa shape index (κ1) is 20.5. The molecule has 6 heteroatoms. The predicted octanol–water partition coefficient (Wildman–Crippen LogP) is 4.93. The summed E-state index contributed by atoms with van der Waals surface area (Å²) in [6.45, 7) is 5.33. The Kier molecular flexibility index (Phi) is 5.08. The van der Waals surface area contributed by atoms with Gasteiger partial charge in [0.1, 0.15) is 0 Å². The van der Waals surface area contributed by atoms with Crippen LogP contribution in [0.4, 0.5) is 11.4 Å². The molecule has 6 nitrogen and oxygen atoms in total. The van der Waals surface area contributed by atoms with Crippen LogP contribution < -0.4 is 10.6 Å². The van der Waals surface area contributed by atoms with E-state index in [1.807, 2.05) is 32.6 Å². The number of pyridine rings is 2. The number of fused-ring (bicyclic) bond motifs is 2. The molecule has 0 amide bonds. The van der Waals surface area contributed by atoms with Crippen molar-refractivity contribution in [3.8, 4) is 11.3 Å². The molecule has 1 unspecified atom stereocenters. The molecule has 1 aromatic carbocycles. The molecule has 0 fully saturated rings. The van der Waals surface area contributed by atoms with Crippen LogP contribution in [0.15, 0.2) is 53.6 Å². The zero-order valence-electron chi connectivity index (χ0n) is 19.2. The van der Waals surface area contributed by atoms with Gasteiger partial charge in [-0.2, -0.15) is 0 Å². The monoisotopic (exact) mass is 427 g/mol. The van der Waals surface area contributed by atoms with Crippen molar-refractivity contribution in [2.75, 3.05) is 11.4 Å². The summed E-state index contributed by atoms with van der Waals surface area (Å²) < 4.78 is 3.40. The van der Waals surface area contributed by atoms with Gasteiger partial charge in [0.15, 0.2) is 0 Å². The Labute approximate surface area is 188 Å². The second-order valence-corrected chi connectivity index (χ2v) is 8.81. The van der Waals surface area contributed by atoms with Crippen LogP contribution in [0.1, 0.15) is 43.9 Å². The van der Waals surface area contributed by atoms with Crippen LogP contribution >= 0.6 is 0 Å². The molecular weight excluding hydrogens is 398 g/mol. The lowest BCUT2D eigenvalue weighted by atomic mass is 9.99. The third kappa shape index (κ3) is 3.30. The second kappa shape index (κ2) is 7.93. The number of aryl methyl sites for hydroxylation is 3. The number of hydrogen-bond acceptors (Lipinski definition) is 4. The van der Waals surface area contributed by atoms with E-state index in [4.69, 9.17) is 4.98 Å². The van der Waals surface area contributed by atoms with E-state index in [0.717, 1.165) is 65.2 Å². The summed E-state index contributed by atoms with van der Waals surface area (Å²) in [6, 6.07) is 12.7. The summed E-state index contributed by atoms with van der Waals surface area (Å²) in [6.07, 6.45) is 7.13. The topological polar surface area (TPSA) is 56.0 Å². The maximum absolute atomic E-state index is 12.3. The maximum atomic E-state index is 12.3. The molecule has 0 radical (unpaired) electrons. The van der Waals surface area contributed by atoms with Crippen molar-refractivity contribution in [2.45, 2.75) is 39.0 Å². The van der Waals surface area contributed by atoms with Crippen molar-refractivity contribution in [2.24, 2.45) is 14.1 Å². The van der Waals surface area contributed by atoms with E-state index < -0.39 is 0 Å². The second-order valence-electron chi connectivity index (χ2n) is 8.81. The third-order valence-corrected chi connectivity index (χ3v) is 6.85. The van der Waals surface area contributed by atoms with Gasteiger partial charge in [0.25, 0.3) is 0 Å². The SMILES string of the molecule is CCC(C)c1ccc(-c2cc3c(cn2)N(c2ccc4c(c2)n(C)c(=O)n4C)CCC3)cn1. The molecule has 0 aliphatic carbocycles. The zero-order valence-corrected chi connectivity index (χ0v) is 19.2. The summed E-state index contributed by atoms with van der Waals surface area (Å²) in [4.78, 5) is 24.1. The third-order valence-electron chi connectivity index (χ3n) is 6.85. The van der Waals surface area contributed by atoms with Crippen molar-refractivity contribution < 1.29 is 0 Å². The normalized spacial score (nSPS) is 14.6. The predicted molar refractivity (Wildman–Crippen MR) is 130 cm³/mol. The van der Waals surface area contributed by atoms with Gasteiger partial charge in [0.05, 0.1) is 28.6 Å². The first-order valence-corrected chi connectivity index (χ1v) is 11.4. The summed E-state index contributed by atoms with van der Waals surface area (Å²) in [5, 5.41) is 0. The van der Waals surface area contributed by atoms with Crippen LogP contribution in [0, 0.1) is 0 Å². The van der Waals surface area contributed by atoms with Gasteiger partial charge in [-0.1, -0.05) is 13.8 Å². The van der Waals surface area contributed by atoms with Crippen LogP contribution in [-0.2, 0) is 20.5 Å². The van der Waals surface area contributed by atoms with E-state index >= 15 is 0 Å². The van der Waals surface area contributed by atoms with Gasteiger partial charge in [0, 0.05) is 43.8 Å². The average Bonchev–Trinajstić information content (AvgIpc) is 3.06. The Bertz CT molecular complexity index is 1350. The van der Waals surface area contributed by atoms with Gasteiger partial charge in [-0.25, -0.2) is 4.79 Å². The minimum Gasteiger partial charge on any atom is -0.340 e. The van der Waals surface area contributed by atoms with Gasteiger partial charge in [-0.3, -0.25) is 19.1 Å². The Balaban J connectivity index is 1.50. The highest BCUT2D eigenvalue weighted by Gasteiger charge is 2.21. The molecule has 3 aromatic heterocycles. The van der Waals surface area contributed by atoms with Crippen molar-refractivity contribution in [3.05, 3.63) is 70.5 Å². The molecular formula is C26H29N5O. The lowest BCUT2D eigenvalue weighted by Crippen LogP contribution is -2.24. The Hall–Kier alpha value is -3.41. The molecule has 32 heavy (non-hydrogen) atoms. The van der Waals surface area contributed by atoms with Crippen molar-refractivity contribution in [3.63, 3.8) is 0 Å². The molecule has 0 spiro atoms. The number of hydrogen-bond donors (Lipinski definition) is 0. The molecule has 0 N–H and O–H groups in total. The maximum Gasteiger partial charge on any atom is 0.328 e. The highest BCUT2D eigenvalue weighted by Crippen LogP contribution is 2.36. The molecule has 4 aromatic rings. The first-order chi connectivity index (χ1) is 15.5. The summed E-state index contributed by atoms with van der Waals surface area (Å²) in [5.41, 5.74) is 8.57. The summed E-state index contributed by atoms with van der Waals surface area (Å²) in [5.74, 6) is 0.468. The first-order valence-electron chi connectivity index (χ1n) is 11.4. The Morgan fingerprint density at radius 1 is 1.00 bits per heavy atom. The van der Waals surface area contributed by atoms with Crippen molar-refractivity contribution in [1.82, 2.24) is 19.1 Å². The minimum atomic E-state index is -0.00420. The van der Waals surface area contributed by atoms with Crippen molar-refractivity contribution >= 4 is 22.4 Å². The molecule has 5 rings (SSSR count). The van der Waals surface area contributed by atoms with E-state index in [2.05, 4.69) is 54.1 Å². The van der Waals surface area contributed by atoms with E-state index in [0.29, 0.717) is 5.92 Å². The molecule has 0 saturated heterocycles. The number of aromatic nitrogens is 4. The van der Waals surface area contributed by atoms with Crippen LogP contribution in [-0.4, -0.2) is 25.6 Å². The van der Waals surface area contributed by atoms with E-state index in [1.54, 1.807) is 9.13 Å². The van der Waals surface area contributed by atoms with Gasteiger partial charge < -0.3 is 4.90 Å². The Morgan fingerprint density at radius 2 is 1.81 bits per heavy atom. The molecule has 1 atom stereocenters.